The van der Waals surface area contributed by atoms with Gasteiger partial charge in [-0.05, 0) is 63.7 Å². The molecule has 0 spiro atoms. The topological polar surface area (TPSA) is 48.5 Å². The van der Waals surface area contributed by atoms with Gasteiger partial charge in [-0.3, -0.25) is 0 Å². The molecule has 0 bridgehead atoms. The average molecular weight is 866 g/mol. The predicted molar refractivity (Wildman–Crippen MR) is 283 cm³/mol. The van der Waals surface area contributed by atoms with Crippen molar-refractivity contribution in [3.05, 3.63) is 237 Å². The number of benzene rings is 11. The molecule has 68 heavy (non-hydrogen) atoms. The average Bonchev–Trinajstić information content (AvgIpc) is 3.93. The lowest BCUT2D eigenvalue weighted by atomic mass is 10.0. The Hall–Kier alpha value is -9.19. The standard InChI is InChI=1S/C63H39N5/c1-3-18-40(19-4-1)43-24-17-25-45(38-43)62-64-61(42-21-5-2-6-22-42)65-63(66-62)52-36-37-56(49-29-12-11-28-48(49)52)67-55-33-16-14-31-53(55)58-57(67)39-44-23-8-10-27-47(44)60(58)68-54-32-15-13-30-50(54)51-35-34-41-20-7-9-26-46(41)59(51)68/h1-39H. The summed E-state index contributed by atoms with van der Waals surface area (Å²) in [5.74, 6) is 1.87. The molecule has 0 saturated carbocycles. The number of para-hydroxylation sites is 2. The second-order valence-electron chi connectivity index (χ2n) is 17.5. The van der Waals surface area contributed by atoms with Crippen LogP contribution in [-0.2, 0) is 0 Å². The summed E-state index contributed by atoms with van der Waals surface area (Å²) in [6.45, 7) is 0. The molecule has 316 valence electrons. The van der Waals surface area contributed by atoms with E-state index >= 15 is 0 Å². The highest BCUT2D eigenvalue weighted by Gasteiger charge is 2.25. The maximum atomic E-state index is 5.29. The maximum absolute atomic E-state index is 5.29. The highest BCUT2D eigenvalue weighted by Crippen LogP contribution is 2.46. The lowest BCUT2D eigenvalue weighted by molar-refractivity contribution is 1.08. The molecule has 0 amide bonds. The Bertz CT molecular complexity index is 4320. The van der Waals surface area contributed by atoms with Crippen molar-refractivity contribution in [1.29, 1.82) is 0 Å². The Balaban J connectivity index is 1.04. The first-order valence-electron chi connectivity index (χ1n) is 23.1. The molecular formula is C63H39N5. The number of rotatable bonds is 6. The molecule has 0 aliphatic heterocycles. The normalized spacial score (nSPS) is 11.8. The van der Waals surface area contributed by atoms with Crippen molar-refractivity contribution in [2.24, 2.45) is 0 Å². The molecule has 5 nitrogen and oxygen atoms in total. The molecule has 0 atom stereocenters. The zero-order valence-electron chi connectivity index (χ0n) is 36.8. The highest BCUT2D eigenvalue weighted by atomic mass is 15.0. The van der Waals surface area contributed by atoms with Crippen LogP contribution in [0.3, 0.4) is 0 Å². The van der Waals surface area contributed by atoms with Crippen LogP contribution >= 0.6 is 0 Å². The van der Waals surface area contributed by atoms with Crippen molar-refractivity contribution < 1.29 is 0 Å². The Morgan fingerprint density at radius 2 is 0.838 bits per heavy atom. The zero-order chi connectivity index (χ0) is 44.7. The maximum Gasteiger partial charge on any atom is 0.164 e. The minimum Gasteiger partial charge on any atom is -0.309 e. The Morgan fingerprint density at radius 3 is 1.62 bits per heavy atom. The van der Waals surface area contributed by atoms with E-state index in [1.54, 1.807) is 0 Å². The van der Waals surface area contributed by atoms with E-state index in [1.807, 2.05) is 24.3 Å². The third-order valence-corrected chi connectivity index (χ3v) is 13.7. The molecule has 0 fully saturated rings. The smallest absolute Gasteiger partial charge is 0.164 e. The first kappa shape index (κ1) is 38.1. The van der Waals surface area contributed by atoms with Crippen LogP contribution in [0, 0.1) is 0 Å². The fourth-order valence-electron chi connectivity index (χ4n) is 10.7. The van der Waals surface area contributed by atoms with E-state index in [4.69, 9.17) is 15.0 Å². The van der Waals surface area contributed by atoms with Crippen LogP contribution in [0.1, 0.15) is 0 Å². The molecule has 0 aliphatic carbocycles. The van der Waals surface area contributed by atoms with Gasteiger partial charge in [0, 0.05) is 54.4 Å². The van der Waals surface area contributed by atoms with Gasteiger partial charge >= 0.3 is 0 Å². The van der Waals surface area contributed by atoms with E-state index in [0.29, 0.717) is 17.5 Å². The second kappa shape index (κ2) is 15.2. The summed E-state index contributed by atoms with van der Waals surface area (Å²) in [6, 6.07) is 84.6. The van der Waals surface area contributed by atoms with Crippen LogP contribution in [-0.4, -0.2) is 24.1 Å². The largest absolute Gasteiger partial charge is 0.309 e. The van der Waals surface area contributed by atoms with Crippen LogP contribution in [0.4, 0.5) is 0 Å². The van der Waals surface area contributed by atoms with Crippen molar-refractivity contribution in [2.45, 2.75) is 0 Å². The zero-order valence-corrected chi connectivity index (χ0v) is 36.8. The molecule has 5 heteroatoms. The summed E-state index contributed by atoms with van der Waals surface area (Å²) in [7, 11) is 0. The third kappa shape index (κ3) is 5.86. The summed E-state index contributed by atoms with van der Waals surface area (Å²) in [5, 5.41) is 11.9. The van der Waals surface area contributed by atoms with Gasteiger partial charge < -0.3 is 9.13 Å². The van der Waals surface area contributed by atoms with Crippen LogP contribution in [0.15, 0.2) is 237 Å². The summed E-state index contributed by atoms with van der Waals surface area (Å²) >= 11 is 0. The van der Waals surface area contributed by atoms with E-state index in [1.165, 1.54) is 59.8 Å². The monoisotopic (exact) mass is 865 g/mol. The molecular weight excluding hydrogens is 827 g/mol. The Morgan fingerprint density at radius 1 is 0.279 bits per heavy atom. The molecule has 0 saturated heterocycles. The van der Waals surface area contributed by atoms with Gasteiger partial charge in [0.1, 0.15) is 0 Å². The van der Waals surface area contributed by atoms with Crippen LogP contribution < -0.4 is 0 Å². The first-order valence-corrected chi connectivity index (χ1v) is 23.1. The number of hydrogen-bond acceptors (Lipinski definition) is 3. The fraction of sp³-hybridized carbons (Fsp3) is 0. The molecule has 14 rings (SSSR count). The van der Waals surface area contributed by atoms with Crippen molar-refractivity contribution in [3.8, 4) is 56.7 Å². The van der Waals surface area contributed by atoms with Gasteiger partial charge in [0.2, 0.25) is 0 Å². The fourth-order valence-corrected chi connectivity index (χ4v) is 10.7. The summed E-state index contributed by atoms with van der Waals surface area (Å²) in [6.07, 6.45) is 0. The summed E-state index contributed by atoms with van der Waals surface area (Å²) < 4.78 is 5.02. The number of fused-ring (bicyclic) bond motifs is 10. The quantitative estimate of drug-likeness (QED) is 0.167. The molecule has 0 radical (unpaired) electrons. The van der Waals surface area contributed by atoms with Gasteiger partial charge in [0.15, 0.2) is 17.5 Å². The van der Waals surface area contributed by atoms with Gasteiger partial charge in [0.05, 0.1) is 33.4 Å². The molecule has 0 N–H and O–H groups in total. The Kier molecular flexibility index (Phi) is 8.52. The molecule has 3 heterocycles. The number of aromatic nitrogens is 5. The van der Waals surface area contributed by atoms with Crippen molar-refractivity contribution in [2.75, 3.05) is 0 Å². The van der Waals surface area contributed by atoms with E-state index in [2.05, 4.69) is 221 Å². The molecule has 11 aromatic carbocycles. The van der Waals surface area contributed by atoms with Gasteiger partial charge in [-0.25, -0.2) is 15.0 Å². The van der Waals surface area contributed by atoms with E-state index < -0.39 is 0 Å². The van der Waals surface area contributed by atoms with Gasteiger partial charge in [0.25, 0.3) is 0 Å². The lowest BCUT2D eigenvalue weighted by Gasteiger charge is -2.17. The minimum atomic E-state index is 0.621. The Labute approximate surface area is 391 Å². The third-order valence-electron chi connectivity index (χ3n) is 13.7. The summed E-state index contributed by atoms with van der Waals surface area (Å²) in [4.78, 5) is 15.6. The number of hydrogen-bond donors (Lipinski definition) is 0. The van der Waals surface area contributed by atoms with Crippen LogP contribution in [0.5, 0.6) is 0 Å². The van der Waals surface area contributed by atoms with E-state index in [0.717, 1.165) is 55.3 Å². The number of nitrogens with zero attached hydrogens (tertiary/aromatic N) is 5. The van der Waals surface area contributed by atoms with Crippen molar-refractivity contribution in [3.63, 3.8) is 0 Å². The van der Waals surface area contributed by atoms with Crippen LogP contribution in [0.25, 0.3) is 133 Å². The summed E-state index contributed by atoms with van der Waals surface area (Å²) in [5.41, 5.74) is 12.0. The van der Waals surface area contributed by atoms with Gasteiger partial charge in [-0.2, -0.15) is 0 Å². The molecule has 14 aromatic rings. The lowest BCUT2D eigenvalue weighted by Crippen LogP contribution is -2.02. The van der Waals surface area contributed by atoms with Gasteiger partial charge in [-0.1, -0.05) is 200 Å². The van der Waals surface area contributed by atoms with E-state index in [9.17, 15) is 0 Å². The van der Waals surface area contributed by atoms with E-state index in [-0.39, 0.29) is 0 Å². The molecule has 3 aromatic heterocycles. The SMILES string of the molecule is c1ccc(-c2cccc(-c3nc(-c4ccccc4)nc(-c4ccc(-n5c6ccccc6c6c(-n7c8ccccc8c8ccc9ccccc9c87)c7ccccc7cc65)c5ccccc45)n3)c2)cc1. The molecule has 0 aliphatic rings. The second-order valence-corrected chi connectivity index (χ2v) is 17.5. The van der Waals surface area contributed by atoms with Crippen molar-refractivity contribution in [1.82, 2.24) is 24.1 Å². The highest BCUT2D eigenvalue weighted by molar-refractivity contribution is 6.25. The molecule has 0 unspecified atom stereocenters. The minimum absolute atomic E-state index is 0.621. The van der Waals surface area contributed by atoms with Crippen molar-refractivity contribution >= 4 is 75.9 Å². The van der Waals surface area contributed by atoms with Gasteiger partial charge in [-0.15, -0.1) is 0 Å². The van der Waals surface area contributed by atoms with Crippen LogP contribution in [0.2, 0.25) is 0 Å². The first-order chi connectivity index (χ1) is 33.7. The predicted octanol–water partition coefficient (Wildman–Crippen LogP) is 16.2.